The first-order valence-corrected chi connectivity index (χ1v) is 41.5. The first kappa shape index (κ1) is 83.3. The Labute approximate surface area is 581 Å². The van der Waals surface area contributed by atoms with E-state index in [0.29, 0.717) is 80.4 Å². The molecule has 6 aromatic carbocycles. The Hall–Kier alpha value is -4.97. The van der Waals surface area contributed by atoms with Crippen LogP contribution in [0.3, 0.4) is 0 Å². The van der Waals surface area contributed by atoms with Crippen molar-refractivity contribution in [2.75, 3.05) is 30.6 Å². The Morgan fingerprint density at radius 2 is 0.894 bits per heavy atom. The summed E-state index contributed by atoms with van der Waals surface area (Å²) in [4.78, 5) is 22.7. The number of sulfonamides is 3. The van der Waals surface area contributed by atoms with Crippen LogP contribution in [0.1, 0.15) is 100 Å². The molecule has 34 heteroatoms. The van der Waals surface area contributed by atoms with Gasteiger partial charge < -0.3 is 12.5 Å². The van der Waals surface area contributed by atoms with E-state index in [-0.39, 0.29) is 87.3 Å². The van der Waals surface area contributed by atoms with Crippen molar-refractivity contribution >= 4 is 146 Å². The molecule has 3 heterocycles. The molecule has 0 aliphatic carbocycles. The van der Waals surface area contributed by atoms with E-state index < -0.39 is 102 Å². The van der Waals surface area contributed by atoms with Crippen LogP contribution in [0, 0.1) is 24.9 Å². The quantitative estimate of drug-likeness (QED) is 0.0295. The standard InChI is InChI=1S/C20H19F4NO3S2.C19H15F4NO3S2.C11H11NO3S2.C9H8F4.CH3.BI2.Li/c1-3-30(27,28)25(11-13-8-9-16(21)15(10-13)20(22,23)24)19-18(12(2)26)14-6-4-5-7-17(14)29-19;1-2-29(26,27)24(10-12-7-8-16(20)15(9-12)19(21,22)23)18-14(11-25)13-5-3-4-6-17(13)28-18;1-2-17(14,15)12-11-9(7-13)8-5-3-4-6-10(8)16-11;1-2-6-3-4-8(10)7(5-6)9(11,12)13;;1-3-2;/h4-10,12,26H,3,11H2,1-2H3;3-9,11H,2,10H2,1H3;3-7,12H,2H2,1H3;3-5H,2H2,1H3;1H3;;/q;;;;2*-1;+1/i2-1;;;;1-1;;. The zero-order valence-electron chi connectivity index (χ0n) is 50.5. The molecule has 0 saturated heterocycles. The Morgan fingerprint density at radius 3 is 1.27 bits per heavy atom. The number of alkyl halides is 9. The maximum atomic E-state index is 13.7. The number of benzene rings is 6. The summed E-state index contributed by atoms with van der Waals surface area (Å²) < 4.78 is 235. The Bertz CT molecular complexity index is 4400. The molecule has 2 N–H and O–H groups in total. The smallest absolute Gasteiger partial charge is 1.00 e. The summed E-state index contributed by atoms with van der Waals surface area (Å²) in [5.41, 5.74) is 2.16. The largest absolute Gasteiger partial charge is 1.00 e. The number of rotatable bonds is 17. The first-order chi connectivity index (χ1) is 43.0. The van der Waals surface area contributed by atoms with Crippen molar-refractivity contribution in [1.29, 1.82) is 0 Å². The molecular formula is C60H56BF12I2LiN3O9S6-. The average Bonchev–Trinajstić information content (AvgIpc) is 1.59. The first-order valence-electron chi connectivity index (χ1n) is 26.6. The van der Waals surface area contributed by atoms with E-state index in [4.69, 9.17) is 5.70 Å². The summed E-state index contributed by atoms with van der Waals surface area (Å²) in [6.45, 7) is 6.68. The Kier molecular flexibility index (Phi) is 31.5. The van der Waals surface area contributed by atoms with Gasteiger partial charge in [-0.05, 0) is 105 Å². The van der Waals surface area contributed by atoms with Gasteiger partial charge in [-0.3, -0.25) is 22.9 Å². The maximum absolute atomic E-state index is 13.7. The fourth-order valence-electron chi connectivity index (χ4n) is 8.49. The van der Waals surface area contributed by atoms with Crippen molar-refractivity contribution in [2.45, 2.75) is 78.8 Å². The van der Waals surface area contributed by atoms with E-state index in [9.17, 15) is 92.6 Å². The number of hydrogen-bond acceptors (Lipinski definition) is 12. The van der Waals surface area contributed by atoms with Crippen molar-refractivity contribution in [3.63, 3.8) is 0 Å². The number of aliphatic hydroxyl groups excluding tert-OH is 1. The monoisotopic (exact) mass is 1650 g/mol. The molecule has 0 spiro atoms. The van der Waals surface area contributed by atoms with Gasteiger partial charge in [0.15, 0.2) is 12.6 Å². The van der Waals surface area contributed by atoms with Crippen molar-refractivity contribution in [3.8, 4) is 0 Å². The summed E-state index contributed by atoms with van der Waals surface area (Å²) in [6.07, 6.45) is -13.8. The Balaban J connectivity index is 0.000000334. The topological polar surface area (TPSA) is 175 Å². The molecule has 0 fully saturated rings. The van der Waals surface area contributed by atoms with Crippen LogP contribution in [-0.2, 0) is 68.1 Å². The molecule has 504 valence electrons. The Morgan fingerprint density at radius 1 is 0.553 bits per heavy atom. The molecule has 9 aromatic rings. The fraction of sp³-hybridized carbons (Fsp3) is 0.250. The molecule has 1 atom stereocenters. The van der Waals surface area contributed by atoms with Crippen LogP contribution in [0.25, 0.3) is 30.3 Å². The van der Waals surface area contributed by atoms with Crippen LogP contribution >= 0.6 is 52.6 Å². The summed E-state index contributed by atoms with van der Waals surface area (Å²) in [7, 11) is -11.2. The molecule has 12 nitrogen and oxygen atoms in total. The van der Waals surface area contributed by atoms with Gasteiger partial charge in [0.05, 0.1) is 64.3 Å². The molecule has 0 bridgehead atoms. The number of halogens is 14. The van der Waals surface area contributed by atoms with Crippen LogP contribution in [0.2, 0.25) is 0 Å². The number of nitrogens with one attached hydrogen (secondary N) is 1. The number of aryl methyl sites for hydroxylation is 1. The minimum atomic E-state index is -4.92. The summed E-state index contributed by atoms with van der Waals surface area (Å²) in [5.74, 6) is -4.73. The van der Waals surface area contributed by atoms with Gasteiger partial charge in [-0.1, -0.05) is 79.7 Å². The van der Waals surface area contributed by atoms with Crippen LogP contribution in [0.5, 0.6) is 0 Å². The number of fused-ring (bicyclic) bond motifs is 3. The minimum Gasteiger partial charge on any atom is 1.00 e. The second kappa shape index (κ2) is 35.5. The molecule has 94 heavy (non-hydrogen) atoms. The van der Waals surface area contributed by atoms with Crippen molar-refractivity contribution < 1.29 is 129 Å². The third kappa shape index (κ3) is 21.5. The van der Waals surface area contributed by atoms with Crippen LogP contribution in [-0.4, -0.2) is 65.9 Å². The van der Waals surface area contributed by atoms with Gasteiger partial charge in [0.1, 0.15) is 32.5 Å². The molecule has 9 rings (SSSR count). The number of nitrogens with zero attached hydrogens (tertiary/aromatic N) is 2. The van der Waals surface area contributed by atoms with E-state index in [1.807, 2.05) is 18.2 Å². The average molecular weight is 1650 g/mol. The van der Waals surface area contributed by atoms with E-state index >= 15 is 0 Å². The van der Waals surface area contributed by atoms with Gasteiger partial charge in [0, 0.05) is 35.8 Å². The molecular weight excluding hydrogens is 1600 g/mol. The number of anilines is 3. The van der Waals surface area contributed by atoms with Crippen molar-refractivity contribution in [2.24, 2.45) is 0 Å². The van der Waals surface area contributed by atoms with Gasteiger partial charge in [-0.15, -0.1) is 34.0 Å². The number of carbonyl (C=O) groups is 2. The predicted octanol–water partition coefficient (Wildman–Crippen LogP) is 11.5. The van der Waals surface area contributed by atoms with Crippen molar-refractivity contribution in [3.05, 3.63) is 202 Å². The van der Waals surface area contributed by atoms with Gasteiger partial charge in [-0.2, -0.15) is 39.5 Å². The fourth-order valence-corrected chi connectivity index (χ4v) is 15.7. The minimum absolute atomic E-state index is 0. The normalized spacial score (nSPS) is 12.1. The van der Waals surface area contributed by atoms with E-state index in [1.54, 1.807) is 68.4 Å². The number of carbonyl (C=O) groups excluding carboxylic acids is 2. The molecule has 0 amide bonds. The van der Waals surface area contributed by atoms with Crippen molar-refractivity contribution in [1.82, 2.24) is 0 Å². The summed E-state index contributed by atoms with van der Waals surface area (Å²) >= 11 is 5.68. The second-order valence-corrected chi connectivity index (χ2v) is 32.2. The third-order valence-electron chi connectivity index (χ3n) is 13.1. The molecule has 0 saturated carbocycles. The summed E-state index contributed by atoms with van der Waals surface area (Å²) in [6, 6.07) is 29.0. The van der Waals surface area contributed by atoms with Gasteiger partial charge in [-0.25, -0.2) is 38.4 Å². The van der Waals surface area contributed by atoms with Crippen LogP contribution in [0.4, 0.5) is 67.7 Å². The summed E-state index contributed by atoms with van der Waals surface area (Å²) in [5, 5.41) is 13.0. The molecule has 1 unspecified atom stereocenters. The van der Waals surface area contributed by atoms with Crippen LogP contribution in [0.15, 0.2) is 127 Å². The number of aliphatic hydroxyl groups is 1. The SMILES string of the molecule is CCS(=O)(=O)N(Cc1ccc(F)c(C(F)(F)F)c1)c1sc2ccccc2c1C([11CH3])O.CCS(=O)(=O)N(Cc1ccc(F)c(C(F)(F)F)c1)c1sc2ccccc2c1C=O.CCS(=O)(=O)Nc1sc2ccccc2c1C=O.CCc1ccc(F)c(C(F)(F)F)c1.[11CH3-].[B][I-]I.[Li+]. The zero-order valence-corrected chi connectivity index (χ0v) is 59.7. The number of hydrogen-bond donors (Lipinski definition) is 2. The maximum Gasteiger partial charge on any atom is 1.00 e. The third-order valence-corrected chi connectivity index (χ3v) is 21.6. The van der Waals surface area contributed by atoms with E-state index in [1.165, 1.54) is 38.2 Å². The number of thiophene rings is 3. The molecule has 2 radical (unpaired) electrons. The van der Waals surface area contributed by atoms with Gasteiger partial charge in [0.25, 0.3) is 0 Å². The number of aldehydes is 2. The second-order valence-electron chi connectivity index (χ2n) is 19.1. The van der Waals surface area contributed by atoms with E-state index in [0.717, 1.165) is 70.3 Å². The van der Waals surface area contributed by atoms with Gasteiger partial charge in [0.2, 0.25) is 30.1 Å². The zero-order chi connectivity index (χ0) is 68.9. The molecule has 0 aliphatic heterocycles. The van der Waals surface area contributed by atoms with Gasteiger partial charge >= 0.3 is 78.7 Å². The van der Waals surface area contributed by atoms with E-state index in [2.05, 4.69) is 23.3 Å². The predicted molar refractivity (Wildman–Crippen MR) is 351 cm³/mol. The molecule has 0 aliphatic rings. The molecule has 3 aromatic heterocycles. The van der Waals surface area contributed by atoms with Crippen LogP contribution < -0.4 is 49.2 Å².